The van der Waals surface area contributed by atoms with E-state index in [0.717, 1.165) is 5.56 Å². The number of methoxy groups -OCH3 is 1. The first-order valence-corrected chi connectivity index (χ1v) is 4.55. The fraction of sp³-hybridized carbons (Fsp3) is 0.300. The Balaban J connectivity index is 2.38. The van der Waals surface area contributed by atoms with Crippen molar-refractivity contribution in [2.24, 2.45) is 0 Å². The molecule has 0 radical (unpaired) electrons. The summed E-state index contributed by atoms with van der Waals surface area (Å²) < 4.78 is 9.48. The molecule has 0 saturated carbocycles. The van der Waals surface area contributed by atoms with Gasteiger partial charge in [-0.1, -0.05) is 41.9 Å². The van der Waals surface area contributed by atoms with Crippen LogP contribution in [0.3, 0.4) is 0 Å². The van der Waals surface area contributed by atoms with Gasteiger partial charge in [0.05, 0.1) is 13.7 Å². The van der Waals surface area contributed by atoms with Gasteiger partial charge in [0.2, 0.25) is 5.56 Å². The van der Waals surface area contributed by atoms with Gasteiger partial charge in [0.15, 0.2) is 0 Å². The van der Waals surface area contributed by atoms with Crippen LogP contribution in [0.1, 0.15) is 5.56 Å². The maximum atomic E-state index is 10.9. The van der Waals surface area contributed by atoms with Gasteiger partial charge in [0.1, 0.15) is 0 Å². The Morgan fingerprint density at radius 2 is 2.07 bits per heavy atom. The molecular formula is C10H11ClO3. The Morgan fingerprint density at radius 3 is 2.64 bits per heavy atom. The molecule has 0 aliphatic rings. The highest BCUT2D eigenvalue weighted by atomic mass is 35.5. The highest BCUT2D eigenvalue weighted by Gasteiger charge is 2.15. The van der Waals surface area contributed by atoms with Crippen LogP contribution < -0.4 is 0 Å². The van der Waals surface area contributed by atoms with Crippen LogP contribution in [0, 0.1) is 0 Å². The van der Waals surface area contributed by atoms with Gasteiger partial charge in [0.25, 0.3) is 0 Å². The topological polar surface area (TPSA) is 35.5 Å². The van der Waals surface area contributed by atoms with E-state index in [4.69, 9.17) is 16.3 Å². The zero-order valence-corrected chi connectivity index (χ0v) is 8.53. The molecule has 0 bridgehead atoms. The first-order valence-electron chi connectivity index (χ1n) is 4.11. The van der Waals surface area contributed by atoms with Crippen molar-refractivity contribution in [3.8, 4) is 0 Å². The summed E-state index contributed by atoms with van der Waals surface area (Å²) >= 11 is 5.58. The number of esters is 1. The van der Waals surface area contributed by atoms with Gasteiger partial charge in [-0.3, -0.25) is 0 Å². The zero-order chi connectivity index (χ0) is 10.4. The fourth-order valence-corrected chi connectivity index (χ4v) is 1.06. The maximum absolute atomic E-state index is 10.9. The van der Waals surface area contributed by atoms with Crippen molar-refractivity contribution < 1.29 is 14.3 Å². The van der Waals surface area contributed by atoms with Gasteiger partial charge in [0, 0.05) is 0 Å². The molecule has 0 amide bonds. The number of halogens is 1. The van der Waals surface area contributed by atoms with Gasteiger partial charge >= 0.3 is 5.97 Å². The van der Waals surface area contributed by atoms with Crippen LogP contribution in [-0.4, -0.2) is 18.6 Å². The summed E-state index contributed by atoms with van der Waals surface area (Å²) in [5.74, 6) is -0.581. The molecule has 1 atom stereocenters. The van der Waals surface area contributed by atoms with E-state index in [1.54, 1.807) is 0 Å². The summed E-state index contributed by atoms with van der Waals surface area (Å²) in [5.41, 5.74) is -0.0812. The number of alkyl halides is 1. The Bertz CT molecular complexity index is 287. The second-order valence-corrected chi connectivity index (χ2v) is 3.03. The standard InChI is InChI=1S/C10H11ClO3/c1-13-10(12)9(11)14-7-8-5-3-2-4-6-8/h2-6,9H,7H2,1H3. The smallest absolute Gasteiger partial charge is 0.350 e. The normalized spacial score (nSPS) is 12.1. The minimum atomic E-state index is -1.04. The Labute approximate surface area is 87.6 Å². The second-order valence-electron chi connectivity index (χ2n) is 2.64. The lowest BCUT2D eigenvalue weighted by Gasteiger charge is -2.08. The maximum Gasteiger partial charge on any atom is 0.350 e. The van der Waals surface area contributed by atoms with Crippen LogP contribution in [0.5, 0.6) is 0 Å². The van der Waals surface area contributed by atoms with E-state index >= 15 is 0 Å². The molecule has 0 aliphatic carbocycles. The number of hydrogen-bond acceptors (Lipinski definition) is 3. The van der Waals surface area contributed by atoms with E-state index in [1.165, 1.54) is 7.11 Å². The minimum Gasteiger partial charge on any atom is -0.466 e. The molecule has 1 rings (SSSR count). The SMILES string of the molecule is COC(=O)C(Cl)OCc1ccccc1. The molecule has 1 aromatic carbocycles. The van der Waals surface area contributed by atoms with Crippen molar-refractivity contribution in [1.29, 1.82) is 0 Å². The predicted molar refractivity (Wildman–Crippen MR) is 52.9 cm³/mol. The minimum absolute atomic E-state index is 0.296. The summed E-state index contributed by atoms with van der Waals surface area (Å²) in [5, 5.41) is 0. The zero-order valence-electron chi connectivity index (χ0n) is 7.77. The van der Waals surface area contributed by atoms with E-state index in [0.29, 0.717) is 6.61 Å². The average Bonchev–Trinajstić information content (AvgIpc) is 2.26. The molecule has 14 heavy (non-hydrogen) atoms. The van der Waals surface area contributed by atoms with Gasteiger partial charge in [-0.05, 0) is 5.56 Å². The summed E-state index contributed by atoms with van der Waals surface area (Å²) in [6, 6.07) is 9.46. The van der Waals surface area contributed by atoms with Gasteiger partial charge in [-0.2, -0.15) is 0 Å². The summed E-state index contributed by atoms with van der Waals surface area (Å²) in [6.07, 6.45) is 0. The third kappa shape index (κ3) is 3.36. The summed E-state index contributed by atoms with van der Waals surface area (Å²) in [4.78, 5) is 10.9. The quantitative estimate of drug-likeness (QED) is 0.568. The lowest BCUT2D eigenvalue weighted by Crippen LogP contribution is -2.19. The van der Waals surface area contributed by atoms with E-state index in [-0.39, 0.29) is 0 Å². The molecule has 0 aromatic heterocycles. The van der Waals surface area contributed by atoms with Crippen LogP contribution in [0.15, 0.2) is 30.3 Å². The van der Waals surface area contributed by atoms with E-state index in [9.17, 15) is 4.79 Å². The fourth-order valence-electron chi connectivity index (χ4n) is 0.904. The first-order chi connectivity index (χ1) is 6.74. The molecule has 0 fully saturated rings. The molecule has 1 aromatic rings. The lowest BCUT2D eigenvalue weighted by atomic mass is 10.2. The van der Waals surface area contributed by atoms with Crippen molar-refractivity contribution in [2.45, 2.75) is 12.2 Å². The van der Waals surface area contributed by atoms with Gasteiger partial charge in [-0.25, -0.2) is 4.79 Å². The molecule has 0 N–H and O–H groups in total. The summed E-state index contributed by atoms with van der Waals surface area (Å²) in [7, 11) is 1.27. The second kappa shape index (κ2) is 5.62. The number of carbonyl (C=O) groups is 1. The Kier molecular flexibility index (Phi) is 4.43. The van der Waals surface area contributed by atoms with E-state index < -0.39 is 11.5 Å². The van der Waals surface area contributed by atoms with Crippen LogP contribution >= 0.6 is 11.6 Å². The summed E-state index contributed by atoms with van der Waals surface area (Å²) in [6.45, 7) is 0.296. The molecule has 0 saturated heterocycles. The molecule has 1 unspecified atom stereocenters. The average molecular weight is 215 g/mol. The molecule has 76 valence electrons. The number of hydrogen-bond donors (Lipinski definition) is 0. The Hall–Kier alpha value is -1.06. The predicted octanol–water partition coefficient (Wildman–Crippen LogP) is 1.94. The Morgan fingerprint density at radius 1 is 1.43 bits per heavy atom. The van der Waals surface area contributed by atoms with Crippen LogP contribution in [0.2, 0.25) is 0 Å². The van der Waals surface area contributed by atoms with E-state index in [1.807, 2.05) is 30.3 Å². The van der Waals surface area contributed by atoms with E-state index in [2.05, 4.69) is 4.74 Å². The third-order valence-electron chi connectivity index (χ3n) is 1.63. The van der Waals surface area contributed by atoms with Crippen LogP contribution in [0.25, 0.3) is 0 Å². The first kappa shape index (κ1) is 11.0. The number of ether oxygens (including phenoxy) is 2. The largest absolute Gasteiger partial charge is 0.466 e. The van der Waals surface area contributed by atoms with Gasteiger partial charge < -0.3 is 9.47 Å². The highest BCUT2D eigenvalue weighted by Crippen LogP contribution is 2.06. The molecule has 0 spiro atoms. The number of benzene rings is 1. The highest BCUT2D eigenvalue weighted by molar-refractivity contribution is 6.28. The van der Waals surface area contributed by atoms with Crippen molar-refractivity contribution in [3.63, 3.8) is 0 Å². The van der Waals surface area contributed by atoms with Crippen molar-refractivity contribution in [2.75, 3.05) is 7.11 Å². The van der Waals surface area contributed by atoms with Crippen molar-refractivity contribution >= 4 is 17.6 Å². The van der Waals surface area contributed by atoms with Crippen molar-refractivity contribution in [3.05, 3.63) is 35.9 Å². The van der Waals surface area contributed by atoms with Gasteiger partial charge in [-0.15, -0.1) is 0 Å². The molecule has 0 heterocycles. The lowest BCUT2D eigenvalue weighted by molar-refractivity contribution is -0.149. The molecule has 4 heteroatoms. The number of rotatable bonds is 4. The molecule has 3 nitrogen and oxygen atoms in total. The van der Waals surface area contributed by atoms with Crippen LogP contribution in [-0.2, 0) is 20.9 Å². The van der Waals surface area contributed by atoms with Crippen LogP contribution in [0.4, 0.5) is 0 Å². The number of carbonyl (C=O) groups excluding carboxylic acids is 1. The molecular weight excluding hydrogens is 204 g/mol. The molecule has 0 aliphatic heterocycles. The monoisotopic (exact) mass is 214 g/mol. The van der Waals surface area contributed by atoms with Crippen molar-refractivity contribution in [1.82, 2.24) is 0 Å². The third-order valence-corrected chi connectivity index (χ3v) is 1.93.